The number of hydrogen-bond donors (Lipinski definition) is 6. The van der Waals surface area contributed by atoms with E-state index in [1.165, 1.54) is 0 Å². The van der Waals surface area contributed by atoms with Crippen LogP contribution in [-0.2, 0) is 71.6 Å². The number of amides is 2. The van der Waals surface area contributed by atoms with Gasteiger partial charge >= 0.3 is 23.9 Å². The maximum absolute atomic E-state index is 14.8. The molecule has 100 heavy (non-hydrogen) atoms. The van der Waals surface area contributed by atoms with E-state index in [1.54, 1.807) is 0 Å². The van der Waals surface area contributed by atoms with Gasteiger partial charge in [0.25, 0.3) is 0 Å². The minimum absolute atomic E-state index is 0.0130. The van der Waals surface area contributed by atoms with E-state index in [0.717, 1.165) is 73.6 Å². The van der Waals surface area contributed by atoms with E-state index in [9.17, 15) is 49.2 Å². The van der Waals surface area contributed by atoms with Gasteiger partial charge < -0.3 is 50.0 Å². The topological polar surface area (TPSA) is 244 Å². The number of aliphatic hydroxyl groups is 4. The summed E-state index contributed by atoms with van der Waals surface area (Å²) in [6, 6.07) is 16.1. The van der Waals surface area contributed by atoms with Crippen LogP contribution in [0.25, 0.3) is 0 Å². The molecular formula is C84H126N2O14. The van der Waals surface area contributed by atoms with Crippen molar-refractivity contribution >= 4 is 35.7 Å². The average molecular weight is 1390 g/mol. The van der Waals surface area contributed by atoms with Gasteiger partial charge in [0.2, 0.25) is 11.8 Å². The van der Waals surface area contributed by atoms with Gasteiger partial charge in [-0.05, 0) is 243 Å². The second-order valence-corrected chi connectivity index (χ2v) is 34.8. The molecule has 17 rings (SSSR count). The zero-order valence-electron chi connectivity index (χ0n) is 62.5. The number of ether oxygens (including phenoxy) is 4. The maximum atomic E-state index is 14.8. The zero-order valence-corrected chi connectivity index (χ0v) is 62.5. The molecule has 16 heteroatoms. The predicted molar refractivity (Wildman–Crippen MR) is 383 cm³/mol. The lowest BCUT2D eigenvalue weighted by Crippen LogP contribution is -2.64. The Morgan fingerprint density at radius 2 is 0.770 bits per heavy atom. The van der Waals surface area contributed by atoms with Crippen LogP contribution in [0.2, 0.25) is 0 Å². The second kappa shape index (κ2) is 31.4. The Bertz CT molecular complexity index is 2920. The van der Waals surface area contributed by atoms with Gasteiger partial charge in [0, 0.05) is 36.8 Å². The minimum Gasteiger partial charge on any atom is -0.465 e. The molecule has 7 heterocycles. The van der Waals surface area contributed by atoms with Crippen molar-refractivity contribution in [1.82, 2.24) is 10.6 Å². The van der Waals surface area contributed by atoms with Crippen molar-refractivity contribution in [3.05, 3.63) is 70.8 Å². The summed E-state index contributed by atoms with van der Waals surface area (Å²) in [6.07, 6.45) is 13.8. The van der Waals surface area contributed by atoms with E-state index in [1.807, 2.05) is 76.2 Å². The van der Waals surface area contributed by atoms with Gasteiger partial charge in [-0.1, -0.05) is 143 Å². The molecule has 0 saturated heterocycles. The summed E-state index contributed by atoms with van der Waals surface area (Å²) >= 11 is 0. The first-order valence-corrected chi connectivity index (χ1v) is 39.9. The van der Waals surface area contributed by atoms with E-state index in [4.69, 9.17) is 18.9 Å². The van der Waals surface area contributed by atoms with Crippen LogP contribution in [0, 0.1) is 105 Å². The van der Waals surface area contributed by atoms with Crippen molar-refractivity contribution in [2.75, 3.05) is 26.4 Å². The summed E-state index contributed by atoms with van der Waals surface area (Å²) in [5.41, 5.74) is -0.326. The number of unbranched alkanes of at least 4 members (excludes halogenated alkanes) is 4. The number of esters is 4. The molecule has 2 aromatic rings. The Morgan fingerprint density at radius 3 is 1.09 bits per heavy atom. The fraction of sp³-hybridized carbons (Fsp3) is 0.786. The Morgan fingerprint density at radius 1 is 0.450 bits per heavy atom. The lowest BCUT2D eigenvalue weighted by molar-refractivity contribution is -0.209. The minimum atomic E-state index is -1.25. The standard InChI is InChI=1S/C84H126N2O14/c1-11-15-39-97-75(93)73(76(94)98-40-16-12-2)83-37-35-79(7)57(47-83)43-65(87)71-61-31-29-59(81(61,9)67(89)45-63(71)79)51(5)20-34-70(92)86-50-54-23-27-56(28-24-54)84(74(77(95)99-41-17-13-3)78(96)100-42-18-14-4)38-36-80(8)58(48-84)44-66(88)72-62-32-30-60(82(62,10)68(90)46-64(72)80)52(6)19-33-69(91)85-49-53-21-25-55(83)26-22-53/h21-28,51-52,57-68,71-74,87-90H,11-20,29-50H2,1-10H3,(H,85,91)(H,86,92)/t51-,52-,57?,58?,59+,60+,61-,62-,63-,64-,65+,66+,67-,68-,71-,72-,79-,80-,81+,82+,83-,84-/m0/s1. The molecule has 0 spiro atoms. The highest BCUT2D eigenvalue weighted by Gasteiger charge is 2.70. The number of aliphatic hydroxyl groups excluding tert-OH is 4. The molecule has 2 amide bonds. The van der Waals surface area contributed by atoms with E-state index in [2.05, 4.69) is 52.2 Å². The SMILES string of the molecule is CCCCOC(=O)C(C(=O)OCCCC)[C@]12CC[C@@]3(C)C(C[C@@H](O)[C@H]4[C@@H]5CC[C@H]([C@@H](C)CCC(=O)NCc6ccc(cc6)[C@]6(C(C(=O)OCCCC)C(=O)OCCCC)CC[C@@]7(C)C(C[C@@H](O)[C@H]8[C@@H]9CC[C@H]([C@@H](C)CCC(=O)NCc%10ccc1cc%10)[C@@]9(C)[C@@H](O)C[C@@H]87)C6)[C@@]5(C)[C@@H](O)C[C@@H]43)C2. The zero-order chi connectivity index (χ0) is 71.7. The first-order chi connectivity index (χ1) is 47.8. The monoisotopic (exact) mass is 1390 g/mol. The second-order valence-electron chi connectivity index (χ2n) is 34.8. The van der Waals surface area contributed by atoms with Crippen LogP contribution >= 0.6 is 0 Å². The third-order valence-corrected chi connectivity index (χ3v) is 30.0. The number of fused-ring (bicyclic) bond motifs is 2. The van der Waals surface area contributed by atoms with Gasteiger partial charge in [0.1, 0.15) is 0 Å². The molecule has 22 atom stereocenters. The first-order valence-electron chi connectivity index (χ1n) is 39.9. The van der Waals surface area contributed by atoms with Crippen molar-refractivity contribution < 1.29 is 68.1 Å². The number of benzene rings is 2. The van der Waals surface area contributed by atoms with Crippen molar-refractivity contribution in [2.24, 2.45) is 105 Å². The molecule has 8 saturated carbocycles. The van der Waals surface area contributed by atoms with E-state index >= 15 is 0 Å². The molecule has 2 unspecified atom stereocenters. The van der Waals surface area contributed by atoms with Crippen LogP contribution < -0.4 is 10.6 Å². The van der Waals surface area contributed by atoms with Crippen molar-refractivity contribution in [1.29, 1.82) is 0 Å². The van der Waals surface area contributed by atoms with Gasteiger partial charge in [0.05, 0.1) is 50.8 Å². The van der Waals surface area contributed by atoms with Crippen LogP contribution in [0.5, 0.6) is 0 Å². The summed E-state index contributed by atoms with van der Waals surface area (Å²) in [5, 5.41) is 57.8. The first kappa shape index (κ1) is 76.2. The van der Waals surface area contributed by atoms with Crippen LogP contribution in [0.4, 0.5) is 0 Å². The average Bonchev–Trinajstić information content (AvgIpc) is 1.70. The molecule has 16 nitrogen and oxygen atoms in total. The smallest absolute Gasteiger partial charge is 0.321 e. The molecular weight excluding hydrogens is 1260 g/mol. The maximum Gasteiger partial charge on any atom is 0.321 e. The number of nitrogens with one attached hydrogen (secondary N) is 2. The molecule has 14 bridgehead atoms. The summed E-state index contributed by atoms with van der Waals surface area (Å²) in [4.78, 5) is 87.4. The summed E-state index contributed by atoms with van der Waals surface area (Å²) in [6.45, 7) is 23.0. The van der Waals surface area contributed by atoms with Gasteiger partial charge in [0.15, 0.2) is 11.8 Å². The van der Waals surface area contributed by atoms with Crippen LogP contribution in [0.1, 0.15) is 258 Å². The molecule has 0 radical (unpaired) electrons. The number of carbonyl (C=O) groups excluding carboxylic acids is 6. The number of carbonyl (C=O) groups is 6. The fourth-order valence-corrected chi connectivity index (χ4v) is 24.1. The molecule has 2 aromatic carbocycles. The van der Waals surface area contributed by atoms with Crippen LogP contribution in [-0.4, -0.2) is 107 Å². The third kappa shape index (κ3) is 14.0. The summed E-state index contributed by atoms with van der Waals surface area (Å²) in [5.74, 6) is -4.81. The molecule has 8 fully saturated rings. The molecule has 6 N–H and O–H groups in total. The molecule has 15 aliphatic rings. The summed E-state index contributed by atoms with van der Waals surface area (Å²) < 4.78 is 24.2. The van der Waals surface area contributed by atoms with E-state index in [-0.39, 0.29) is 133 Å². The lowest BCUT2D eigenvalue weighted by Gasteiger charge is -2.65. The van der Waals surface area contributed by atoms with Crippen LogP contribution in [0.3, 0.4) is 0 Å². The van der Waals surface area contributed by atoms with Gasteiger partial charge in [-0.3, -0.25) is 28.8 Å². The Balaban J connectivity index is 0.911. The van der Waals surface area contributed by atoms with Crippen molar-refractivity contribution in [3.63, 3.8) is 0 Å². The highest BCUT2D eigenvalue weighted by molar-refractivity contribution is 5.98. The van der Waals surface area contributed by atoms with Crippen LogP contribution in [0.15, 0.2) is 48.5 Å². The highest BCUT2D eigenvalue weighted by Crippen LogP contribution is 2.73. The van der Waals surface area contributed by atoms with Crippen molar-refractivity contribution in [2.45, 2.75) is 285 Å². The molecule has 7 aliphatic heterocycles. The largest absolute Gasteiger partial charge is 0.465 e. The normalized spacial score (nSPS) is 39.6. The summed E-state index contributed by atoms with van der Waals surface area (Å²) in [7, 11) is 0. The molecule has 0 aromatic heterocycles. The van der Waals surface area contributed by atoms with Gasteiger partial charge in [-0.25, -0.2) is 0 Å². The third-order valence-electron chi connectivity index (χ3n) is 30.0. The number of rotatable bonds is 18. The predicted octanol–water partition coefficient (Wildman–Crippen LogP) is 13.7. The van der Waals surface area contributed by atoms with Gasteiger partial charge in [-0.15, -0.1) is 0 Å². The Labute approximate surface area is 597 Å². The molecule has 556 valence electrons. The Kier molecular flexibility index (Phi) is 24.0. The molecule has 8 aliphatic carbocycles. The van der Waals surface area contributed by atoms with E-state index < -0.39 is 81.8 Å². The Hall–Kier alpha value is -4.90. The number of hydrogen-bond acceptors (Lipinski definition) is 14. The quantitative estimate of drug-likeness (QED) is 0.0352. The van der Waals surface area contributed by atoms with Crippen molar-refractivity contribution in [3.8, 4) is 0 Å². The fourth-order valence-electron chi connectivity index (χ4n) is 24.1. The van der Waals surface area contributed by atoms with E-state index in [0.29, 0.717) is 116 Å². The lowest BCUT2D eigenvalue weighted by atomic mass is 9.40. The highest BCUT2D eigenvalue weighted by atomic mass is 16.6. The van der Waals surface area contributed by atoms with Gasteiger partial charge in [-0.2, -0.15) is 0 Å².